The summed E-state index contributed by atoms with van der Waals surface area (Å²) in [6.07, 6.45) is -1.25. The molecule has 1 heterocycles. The number of nitro groups is 1. The van der Waals surface area contributed by atoms with Crippen LogP contribution in [0.5, 0.6) is 11.5 Å². The fourth-order valence-corrected chi connectivity index (χ4v) is 3.37. The minimum atomic E-state index is -1.17. The maximum atomic E-state index is 12.6. The van der Waals surface area contributed by atoms with E-state index in [0.29, 0.717) is 17.2 Å². The van der Waals surface area contributed by atoms with Crippen LogP contribution in [-0.4, -0.2) is 49.6 Å². The molecule has 11 nitrogen and oxygen atoms in total. The quantitative estimate of drug-likeness (QED) is 0.363. The molecular formula is C22H23N3O8. The molecule has 1 fully saturated rings. The van der Waals surface area contributed by atoms with E-state index in [4.69, 9.17) is 14.2 Å². The SMILES string of the molecule is COc1ccc(N2C[C@@H](C(=O)O[C@@H](C)C(=O)Nc3cccc([N+](=O)[O-])c3)CC2=O)c(OC)c1. The highest BCUT2D eigenvalue weighted by atomic mass is 16.6. The van der Waals surface area contributed by atoms with Gasteiger partial charge in [-0.3, -0.25) is 24.5 Å². The van der Waals surface area contributed by atoms with Crippen molar-refractivity contribution >= 4 is 34.8 Å². The molecule has 2 atom stereocenters. The van der Waals surface area contributed by atoms with E-state index in [1.54, 1.807) is 18.2 Å². The number of nitrogens with one attached hydrogen (secondary N) is 1. The van der Waals surface area contributed by atoms with Gasteiger partial charge in [-0.1, -0.05) is 6.07 Å². The number of hydrogen-bond acceptors (Lipinski definition) is 8. The molecule has 0 bridgehead atoms. The van der Waals surface area contributed by atoms with Crippen molar-refractivity contribution in [1.82, 2.24) is 0 Å². The lowest BCUT2D eigenvalue weighted by molar-refractivity contribution is -0.384. The molecular weight excluding hydrogens is 434 g/mol. The third-order valence-electron chi connectivity index (χ3n) is 5.12. The van der Waals surface area contributed by atoms with E-state index in [2.05, 4.69) is 5.32 Å². The Morgan fingerprint density at radius 1 is 1.18 bits per heavy atom. The summed E-state index contributed by atoms with van der Waals surface area (Å²) in [5, 5.41) is 13.3. The van der Waals surface area contributed by atoms with Crippen LogP contribution in [0.25, 0.3) is 0 Å². The zero-order valence-electron chi connectivity index (χ0n) is 18.3. The molecule has 2 aromatic rings. The Morgan fingerprint density at radius 2 is 1.94 bits per heavy atom. The van der Waals surface area contributed by atoms with Crippen molar-refractivity contribution < 1.29 is 33.5 Å². The predicted octanol–water partition coefficient (Wildman–Crippen LogP) is 2.54. The van der Waals surface area contributed by atoms with Crippen molar-refractivity contribution in [3.05, 3.63) is 52.6 Å². The van der Waals surface area contributed by atoms with Crippen LogP contribution in [0.15, 0.2) is 42.5 Å². The highest BCUT2D eigenvalue weighted by molar-refractivity contribution is 6.01. The minimum Gasteiger partial charge on any atom is -0.497 e. The van der Waals surface area contributed by atoms with Gasteiger partial charge in [-0.25, -0.2) is 0 Å². The number of ether oxygens (including phenoxy) is 3. The van der Waals surface area contributed by atoms with Gasteiger partial charge in [0.2, 0.25) is 5.91 Å². The number of methoxy groups -OCH3 is 2. The van der Waals surface area contributed by atoms with Gasteiger partial charge in [-0.15, -0.1) is 0 Å². The van der Waals surface area contributed by atoms with Crippen molar-refractivity contribution in [3.63, 3.8) is 0 Å². The molecule has 2 amide bonds. The van der Waals surface area contributed by atoms with Crippen LogP contribution in [0.1, 0.15) is 13.3 Å². The monoisotopic (exact) mass is 457 g/mol. The Bertz CT molecular complexity index is 1090. The first-order valence-electron chi connectivity index (χ1n) is 10.0. The Morgan fingerprint density at radius 3 is 2.61 bits per heavy atom. The first-order chi connectivity index (χ1) is 15.7. The van der Waals surface area contributed by atoms with Crippen LogP contribution in [0.3, 0.4) is 0 Å². The molecule has 3 rings (SSSR count). The predicted molar refractivity (Wildman–Crippen MR) is 117 cm³/mol. The molecule has 0 saturated carbocycles. The maximum absolute atomic E-state index is 12.6. The molecule has 1 saturated heterocycles. The number of esters is 1. The van der Waals surface area contributed by atoms with Gasteiger partial charge < -0.3 is 24.4 Å². The Labute approximate surface area is 189 Å². The fraction of sp³-hybridized carbons (Fsp3) is 0.318. The van der Waals surface area contributed by atoms with Gasteiger partial charge in [-0.05, 0) is 25.1 Å². The first kappa shape index (κ1) is 23.5. The molecule has 174 valence electrons. The summed E-state index contributed by atoms with van der Waals surface area (Å²) < 4.78 is 15.8. The summed E-state index contributed by atoms with van der Waals surface area (Å²) in [4.78, 5) is 49.3. The molecule has 1 N–H and O–H groups in total. The van der Waals surface area contributed by atoms with E-state index < -0.39 is 28.8 Å². The third kappa shape index (κ3) is 5.37. The van der Waals surface area contributed by atoms with E-state index in [1.807, 2.05) is 0 Å². The summed E-state index contributed by atoms with van der Waals surface area (Å²) in [6, 6.07) is 10.4. The van der Waals surface area contributed by atoms with Crippen LogP contribution < -0.4 is 19.7 Å². The van der Waals surface area contributed by atoms with E-state index in [1.165, 1.54) is 50.3 Å². The fourth-order valence-electron chi connectivity index (χ4n) is 3.37. The lowest BCUT2D eigenvalue weighted by Gasteiger charge is -2.20. The second kappa shape index (κ2) is 9.98. The number of benzene rings is 2. The maximum Gasteiger partial charge on any atom is 0.312 e. The molecule has 0 radical (unpaired) electrons. The topological polar surface area (TPSA) is 137 Å². The first-order valence-corrected chi connectivity index (χ1v) is 10.0. The largest absolute Gasteiger partial charge is 0.497 e. The molecule has 33 heavy (non-hydrogen) atoms. The Kier molecular flexibility index (Phi) is 7.11. The summed E-state index contributed by atoms with van der Waals surface area (Å²) >= 11 is 0. The molecule has 0 unspecified atom stereocenters. The van der Waals surface area contributed by atoms with Gasteiger partial charge in [0.1, 0.15) is 11.5 Å². The second-order valence-electron chi connectivity index (χ2n) is 7.32. The zero-order valence-corrected chi connectivity index (χ0v) is 18.3. The lowest BCUT2D eigenvalue weighted by atomic mass is 10.1. The van der Waals surface area contributed by atoms with Crippen molar-refractivity contribution in [1.29, 1.82) is 0 Å². The molecule has 1 aliphatic rings. The third-order valence-corrected chi connectivity index (χ3v) is 5.12. The Balaban J connectivity index is 1.63. The average molecular weight is 457 g/mol. The number of nitrogens with zero attached hydrogens (tertiary/aromatic N) is 2. The van der Waals surface area contributed by atoms with Gasteiger partial charge in [0.25, 0.3) is 11.6 Å². The van der Waals surface area contributed by atoms with Crippen molar-refractivity contribution in [2.45, 2.75) is 19.4 Å². The van der Waals surface area contributed by atoms with Crippen molar-refractivity contribution in [2.24, 2.45) is 5.92 Å². The van der Waals surface area contributed by atoms with E-state index in [-0.39, 0.29) is 30.2 Å². The number of carbonyl (C=O) groups excluding carboxylic acids is 3. The Hall–Kier alpha value is -4.15. The summed E-state index contributed by atoms with van der Waals surface area (Å²) in [6.45, 7) is 1.45. The van der Waals surface area contributed by atoms with E-state index in [9.17, 15) is 24.5 Å². The molecule has 0 aromatic heterocycles. The van der Waals surface area contributed by atoms with Crippen LogP contribution >= 0.6 is 0 Å². The second-order valence-corrected chi connectivity index (χ2v) is 7.32. The smallest absolute Gasteiger partial charge is 0.312 e. The lowest BCUT2D eigenvalue weighted by Crippen LogP contribution is -2.33. The molecule has 0 aliphatic carbocycles. The number of amides is 2. The van der Waals surface area contributed by atoms with Crippen molar-refractivity contribution in [3.8, 4) is 11.5 Å². The highest BCUT2D eigenvalue weighted by Gasteiger charge is 2.38. The molecule has 11 heteroatoms. The number of anilines is 2. The highest BCUT2D eigenvalue weighted by Crippen LogP contribution is 2.36. The van der Waals surface area contributed by atoms with Gasteiger partial charge >= 0.3 is 5.97 Å². The van der Waals surface area contributed by atoms with E-state index >= 15 is 0 Å². The number of carbonyl (C=O) groups is 3. The molecule has 0 spiro atoms. The van der Waals surface area contributed by atoms with Gasteiger partial charge in [-0.2, -0.15) is 0 Å². The van der Waals surface area contributed by atoms with Crippen LogP contribution in [0.4, 0.5) is 17.1 Å². The molecule has 2 aromatic carbocycles. The zero-order chi connectivity index (χ0) is 24.1. The number of hydrogen-bond donors (Lipinski definition) is 1. The van der Waals surface area contributed by atoms with Crippen LogP contribution in [0.2, 0.25) is 0 Å². The summed E-state index contributed by atoms with van der Waals surface area (Å²) in [5.41, 5.74) is 0.511. The molecule has 1 aliphatic heterocycles. The van der Waals surface area contributed by atoms with E-state index in [0.717, 1.165) is 0 Å². The van der Waals surface area contributed by atoms with Crippen LogP contribution in [0, 0.1) is 16.0 Å². The number of non-ortho nitro benzene ring substituents is 1. The van der Waals surface area contributed by atoms with Crippen LogP contribution in [-0.2, 0) is 19.1 Å². The standard InChI is InChI=1S/C22H23N3O8/c1-13(21(27)23-15-5-4-6-16(10-15)25(29)30)33-22(28)14-9-20(26)24(12-14)18-8-7-17(31-2)11-19(18)32-3/h4-8,10-11,13-14H,9,12H2,1-3H3,(H,23,27)/t13-,14-/m0/s1. The van der Waals surface area contributed by atoms with Gasteiger partial charge in [0, 0.05) is 36.9 Å². The average Bonchev–Trinajstić information content (AvgIpc) is 3.20. The normalized spacial score (nSPS) is 16.2. The van der Waals surface area contributed by atoms with Gasteiger partial charge in [0.05, 0.1) is 30.7 Å². The number of rotatable bonds is 8. The van der Waals surface area contributed by atoms with Crippen molar-refractivity contribution in [2.75, 3.05) is 31.0 Å². The summed E-state index contributed by atoms with van der Waals surface area (Å²) in [5.74, 6) is -1.42. The number of nitro benzene ring substituents is 1. The van der Waals surface area contributed by atoms with Gasteiger partial charge in [0.15, 0.2) is 6.10 Å². The minimum absolute atomic E-state index is 0.0690. The summed E-state index contributed by atoms with van der Waals surface area (Å²) in [7, 11) is 2.98.